The van der Waals surface area contributed by atoms with Crippen molar-refractivity contribution in [3.8, 4) is 11.5 Å². The number of aliphatic hydroxyl groups excluding tert-OH is 1. The van der Waals surface area contributed by atoms with Crippen LogP contribution in [-0.4, -0.2) is 24.9 Å². The van der Waals surface area contributed by atoms with Gasteiger partial charge in [-0.25, -0.2) is 4.39 Å². The van der Waals surface area contributed by atoms with Crippen molar-refractivity contribution in [3.63, 3.8) is 0 Å². The molecule has 21 heavy (non-hydrogen) atoms. The Morgan fingerprint density at radius 1 is 1.24 bits per heavy atom. The molecule has 0 bridgehead atoms. The van der Waals surface area contributed by atoms with Crippen molar-refractivity contribution in [2.24, 2.45) is 0 Å². The minimum absolute atomic E-state index is 0.0526. The largest absolute Gasteiger partial charge is 0.494 e. The van der Waals surface area contributed by atoms with Crippen LogP contribution in [0.15, 0.2) is 42.5 Å². The van der Waals surface area contributed by atoms with E-state index in [1.165, 1.54) is 13.2 Å². The lowest BCUT2D eigenvalue weighted by molar-refractivity contribution is 0.107. The Labute approximate surface area is 127 Å². The van der Waals surface area contributed by atoms with E-state index in [-0.39, 0.29) is 18.8 Å². The molecule has 0 aliphatic heterocycles. The second kappa shape index (κ2) is 7.29. The van der Waals surface area contributed by atoms with Gasteiger partial charge in [-0.05, 0) is 29.8 Å². The maximum atomic E-state index is 14.0. The fraction of sp³-hybridized carbons (Fsp3) is 0.250. The Hall–Kier alpha value is -1.78. The molecule has 5 heteroatoms. The standard InChI is InChI=1S/C16H16ClFO3/c1-20-15-7-2-4-11(16(15)18)8-13(19)10-21-14-6-3-5-12(17)9-14/h2-7,9,13,19H,8,10H2,1H3. The molecule has 0 spiro atoms. The molecule has 0 fully saturated rings. The lowest BCUT2D eigenvalue weighted by Gasteiger charge is -2.14. The fourth-order valence-corrected chi connectivity index (χ4v) is 2.11. The van der Waals surface area contributed by atoms with Crippen molar-refractivity contribution in [2.45, 2.75) is 12.5 Å². The van der Waals surface area contributed by atoms with E-state index in [0.29, 0.717) is 16.3 Å². The average molecular weight is 311 g/mol. The highest BCUT2D eigenvalue weighted by molar-refractivity contribution is 6.30. The monoisotopic (exact) mass is 310 g/mol. The Balaban J connectivity index is 1.94. The van der Waals surface area contributed by atoms with Gasteiger partial charge < -0.3 is 14.6 Å². The van der Waals surface area contributed by atoms with Gasteiger partial charge in [0, 0.05) is 11.4 Å². The van der Waals surface area contributed by atoms with Crippen LogP contribution in [0.2, 0.25) is 5.02 Å². The van der Waals surface area contributed by atoms with Gasteiger partial charge in [0.2, 0.25) is 0 Å². The molecule has 1 unspecified atom stereocenters. The van der Waals surface area contributed by atoms with E-state index in [1.54, 1.807) is 36.4 Å². The van der Waals surface area contributed by atoms with Crippen LogP contribution in [-0.2, 0) is 6.42 Å². The zero-order valence-electron chi connectivity index (χ0n) is 11.6. The molecule has 0 radical (unpaired) electrons. The number of benzene rings is 2. The van der Waals surface area contributed by atoms with Crippen molar-refractivity contribution >= 4 is 11.6 Å². The van der Waals surface area contributed by atoms with E-state index in [4.69, 9.17) is 21.1 Å². The smallest absolute Gasteiger partial charge is 0.168 e. The molecule has 2 rings (SSSR count). The molecule has 2 aromatic rings. The lowest BCUT2D eigenvalue weighted by atomic mass is 10.1. The first kappa shape index (κ1) is 15.6. The van der Waals surface area contributed by atoms with Crippen molar-refractivity contribution in [1.82, 2.24) is 0 Å². The van der Waals surface area contributed by atoms with Crippen LogP contribution < -0.4 is 9.47 Å². The Morgan fingerprint density at radius 3 is 2.71 bits per heavy atom. The van der Waals surface area contributed by atoms with Crippen LogP contribution in [0.4, 0.5) is 4.39 Å². The molecule has 112 valence electrons. The van der Waals surface area contributed by atoms with E-state index in [9.17, 15) is 9.50 Å². The van der Waals surface area contributed by atoms with Crippen LogP contribution >= 0.6 is 11.6 Å². The maximum absolute atomic E-state index is 14.0. The predicted octanol–water partition coefficient (Wildman–Crippen LogP) is 3.47. The molecule has 0 aliphatic carbocycles. The zero-order valence-corrected chi connectivity index (χ0v) is 12.3. The van der Waals surface area contributed by atoms with Gasteiger partial charge in [0.25, 0.3) is 0 Å². The summed E-state index contributed by atoms with van der Waals surface area (Å²) in [5, 5.41) is 10.5. The third kappa shape index (κ3) is 4.34. The normalized spacial score (nSPS) is 12.0. The molecule has 2 aromatic carbocycles. The van der Waals surface area contributed by atoms with Gasteiger partial charge in [0.1, 0.15) is 12.4 Å². The number of ether oxygens (including phenoxy) is 2. The fourth-order valence-electron chi connectivity index (χ4n) is 1.93. The SMILES string of the molecule is COc1cccc(CC(O)COc2cccc(Cl)c2)c1F. The summed E-state index contributed by atoms with van der Waals surface area (Å²) in [5.41, 5.74) is 0.386. The van der Waals surface area contributed by atoms with Crippen molar-refractivity contribution in [2.75, 3.05) is 13.7 Å². The lowest BCUT2D eigenvalue weighted by Crippen LogP contribution is -2.20. The van der Waals surface area contributed by atoms with Gasteiger partial charge in [-0.15, -0.1) is 0 Å². The Bertz CT molecular complexity index is 604. The molecule has 0 saturated carbocycles. The third-order valence-corrected chi connectivity index (χ3v) is 3.19. The van der Waals surface area contributed by atoms with Gasteiger partial charge in [0.15, 0.2) is 11.6 Å². The van der Waals surface area contributed by atoms with Gasteiger partial charge in [-0.1, -0.05) is 29.8 Å². The summed E-state index contributed by atoms with van der Waals surface area (Å²) < 4.78 is 24.3. The number of methoxy groups -OCH3 is 1. The first-order valence-electron chi connectivity index (χ1n) is 6.48. The second-order valence-electron chi connectivity index (χ2n) is 4.56. The zero-order chi connectivity index (χ0) is 15.2. The molecule has 1 N–H and O–H groups in total. The molecule has 0 saturated heterocycles. The summed E-state index contributed by atoms with van der Waals surface area (Å²) in [6, 6.07) is 11.7. The molecule has 0 heterocycles. The van der Waals surface area contributed by atoms with Gasteiger partial charge in [-0.3, -0.25) is 0 Å². The summed E-state index contributed by atoms with van der Waals surface area (Å²) >= 11 is 5.84. The molecular formula is C16H16ClFO3. The predicted molar refractivity (Wildman–Crippen MR) is 79.6 cm³/mol. The number of halogens is 2. The number of aliphatic hydroxyl groups is 1. The highest BCUT2D eigenvalue weighted by atomic mass is 35.5. The van der Waals surface area contributed by atoms with Crippen molar-refractivity contribution in [3.05, 3.63) is 58.9 Å². The first-order valence-corrected chi connectivity index (χ1v) is 6.85. The summed E-state index contributed by atoms with van der Waals surface area (Å²) in [4.78, 5) is 0. The number of rotatable bonds is 6. The average Bonchev–Trinajstić information content (AvgIpc) is 2.47. The highest BCUT2D eigenvalue weighted by Crippen LogP contribution is 2.22. The van der Waals surface area contributed by atoms with Crippen molar-refractivity contribution < 1.29 is 19.0 Å². The van der Waals surface area contributed by atoms with E-state index < -0.39 is 11.9 Å². The van der Waals surface area contributed by atoms with E-state index >= 15 is 0 Å². The van der Waals surface area contributed by atoms with Gasteiger partial charge in [-0.2, -0.15) is 0 Å². The topological polar surface area (TPSA) is 38.7 Å². The summed E-state index contributed by atoms with van der Waals surface area (Å²) in [5.74, 6) is 0.268. The number of hydrogen-bond acceptors (Lipinski definition) is 3. The van der Waals surface area contributed by atoms with Crippen LogP contribution in [0.5, 0.6) is 11.5 Å². The highest BCUT2D eigenvalue weighted by Gasteiger charge is 2.13. The van der Waals surface area contributed by atoms with Gasteiger partial charge in [0.05, 0.1) is 13.2 Å². The number of hydrogen-bond donors (Lipinski definition) is 1. The Morgan fingerprint density at radius 2 is 2.00 bits per heavy atom. The third-order valence-electron chi connectivity index (χ3n) is 2.96. The van der Waals surface area contributed by atoms with E-state index in [2.05, 4.69) is 0 Å². The van der Waals surface area contributed by atoms with Crippen LogP contribution in [0.25, 0.3) is 0 Å². The van der Waals surface area contributed by atoms with Crippen LogP contribution in [0.3, 0.4) is 0 Å². The summed E-state index contributed by atoms with van der Waals surface area (Å²) in [6.45, 7) is 0.0526. The second-order valence-corrected chi connectivity index (χ2v) is 5.00. The van der Waals surface area contributed by atoms with Gasteiger partial charge >= 0.3 is 0 Å². The molecular weight excluding hydrogens is 295 g/mol. The Kier molecular flexibility index (Phi) is 5.42. The first-order chi connectivity index (χ1) is 10.1. The quantitative estimate of drug-likeness (QED) is 0.888. The summed E-state index contributed by atoms with van der Waals surface area (Å²) in [7, 11) is 1.40. The van der Waals surface area contributed by atoms with E-state index in [0.717, 1.165) is 0 Å². The molecule has 1 atom stereocenters. The maximum Gasteiger partial charge on any atom is 0.168 e. The molecule has 0 aliphatic rings. The minimum atomic E-state index is -0.828. The molecule has 3 nitrogen and oxygen atoms in total. The van der Waals surface area contributed by atoms with E-state index in [1.807, 2.05) is 0 Å². The molecule has 0 amide bonds. The molecule has 0 aromatic heterocycles. The van der Waals surface area contributed by atoms with Crippen LogP contribution in [0.1, 0.15) is 5.56 Å². The van der Waals surface area contributed by atoms with Crippen molar-refractivity contribution in [1.29, 1.82) is 0 Å². The minimum Gasteiger partial charge on any atom is -0.494 e. The van der Waals surface area contributed by atoms with Crippen LogP contribution in [0, 0.1) is 5.82 Å². The summed E-state index contributed by atoms with van der Waals surface area (Å²) in [6.07, 6.45) is -0.686.